The van der Waals surface area contributed by atoms with Crippen LogP contribution in [0.15, 0.2) is 77.0 Å². The van der Waals surface area contributed by atoms with Crippen LogP contribution in [0, 0.1) is 0 Å². The molecule has 0 saturated heterocycles. The minimum Gasteiger partial charge on any atom is -0.337 e. The Morgan fingerprint density at radius 3 is 2.21 bits per heavy atom. The highest BCUT2D eigenvalue weighted by Gasteiger charge is 2.23. The molecular formula is C22H24N2O3S2. The van der Waals surface area contributed by atoms with Crippen LogP contribution in [-0.2, 0) is 23.1 Å². The van der Waals surface area contributed by atoms with Crippen LogP contribution in [0.4, 0.5) is 0 Å². The second-order valence-electron chi connectivity index (χ2n) is 6.68. The molecule has 0 fully saturated rings. The normalized spacial score (nSPS) is 11.6. The van der Waals surface area contributed by atoms with Crippen molar-refractivity contribution in [3.8, 4) is 0 Å². The maximum Gasteiger partial charge on any atom is 0.253 e. The lowest BCUT2D eigenvalue weighted by molar-refractivity contribution is 0.0786. The van der Waals surface area contributed by atoms with Crippen molar-refractivity contribution in [2.75, 3.05) is 13.6 Å². The van der Waals surface area contributed by atoms with Crippen LogP contribution >= 0.6 is 11.3 Å². The van der Waals surface area contributed by atoms with E-state index in [1.54, 1.807) is 65.7 Å². The predicted molar refractivity (Wildman–Crippen MR) is 116 cm³/mol. The largest absolute Gasteiger partial charge is 0.337 e. The standard InChI is InChI=1S/C22H24N2O3S2/c1-3-24(29(26,27)21-9-5-4-6-10-21)16-18-11-13-19(14-12-18)22(25)23(2)17-20-8-7-15-28-20/h4-15H,3,16-17H2,1-2H3. The number of hydrogen-bond donors (Lipinski definition) is 0. The molecule has 2 aromatic carbocycles. The molecule has 0 N–H and O–H groups in total. The Bertz CT molecular complexity index is 1030. The lowest BCUT2D eigenvalue weighted by Crippen LogP contribution is -2.30. The molecule has 3 rings (SSSR count). The van der Waals surface area contributed by atoms with Gasteiger partial charge in [-0.1, -0.05) is 43.3 Å². The molecule has 1 aromatic heterocycles. The molecule has 0 aliphatic heterocycles. The molecule has 0 saturated carbocycles. The summed E-state index contributed by atoms with van der Waals surface area (Å²) in [6.07, 6.45) is 0. The average Bonchev–Trinajstić information content (AvgIpc) is 3.25. The van der Waals surface area contributed by atoms with E-state index in [2.05, 4.69) is 0 Å². The summed E-state index contributed by atoms with van der Waals surface area (Å²) in [5.74, 6) is -0.0609. The van der Waals surface area contributed by atoms with Gasteiger partial charge in [0.15, 0.2) is 0 Å². The molecule has 5 nitrogen and oxygen atoms in total. The van der Waals surface area contributed by atoms with E-state index in [1.165, 1.54) is 4.31 Å². The Balaban J connectivity index is 1.70. The fourth-order valence-electron chi connectivity index (χ4n) is 2.99. The highest BCUT2D eigenvalue weighted by atomic mass is 32.2. The Labute approximate surface area is 176 Å². The van der Waals surface area contributed by atoms with Gasteiger partial charge in [-0.25, -0.2) is 8.42 Å². The molecule has 7 heteroatoms. The molecule has 0 atom stereocenters. The van der Waals surface area contributed by atoms with Gasteiger partial charge in [-0.3, -0.25) is 4.79 Å². The molecule has 152 valence electrons. The summed E-state index contributed by atoms with van der Waals surface area (Å²) in [5.41, 5.74) is 1.42. The third kappa shape index (κ3) is 5.12. The zero-order valence-corrected chi connectivity index (χ0v) is 18.1. The van der Waals surface area contributed by atoms with Crippen LogP contribution < -0.4 is 0 Å². The molecule has 29 heavy (non-hydrogen) atoms. The topological polar surface area (TPSA) is 57.7 Å². The summed E-state index contributed by atoms with van der Waals surface area (Å²) in [5, 5.41) is 1.99. The van der Waals surface area contributed by atoms with Crippen molar-refractivity contribution in [1.29, 1.82) is 0 Å². The smallest absolute Gasteiger partial charge is 0.253 e. The highest BCUT2D eigenvalue weighted by Crippen LogP contribution is 2.19. The number of hydrogen-bond acceptors (Lipinski definition) is 4. The second-order valence-corrected chi connectivity index (χ2v) is 9.65. The molecule has 0 spiro atoms. The van der Waals surface area contributed by atoms with Gasteiger partial charge in [0.05, 0.1) is 11.4 Å². The third-order valence-corrected chi connectivity index (χ3v) is 7.41. The van der Waals surface area contributed by atoms with E-state index >= 15 is 0 Å². The Morgan fingerprint density at radius 1 is 0.931 bits per heavy atom. The number of carbonyl (C=O) groups is 1. The summed E-state index contributed by atoms with van der Waals surface area (Å²) in [6, 6.07) is 19.5. The van der Waals surface area contributed by atoms with Crippen LogP contribution in [0.2, 0.25) is 0 Å². The van der Waals surface area contributed by atoms with Crippen molar-refractivity contribution in [2.45, 2.75) is 24.9 Å². The second kappa shape index (κ2) is 9.35. The molecule has 0 aliphatic rings. The van der Waals surface area contributed by atoms with Gasteiger partial charge in [-0.05, 0) is 41.3 Å². The number of carbonyl (C=O) groups excluding carboxylic acids is 1. The van der Waals surface area contributed by atoms with E-state index < -0.39 is 10.0 Å². The fraction of sp³-hybridized carbons (Fsp3) is 0.227. The molecule has 3 aromatic rings. The Morgan fingerprint density at radius 2 is 1.62 bits per heavy atom. The van der Waals surface area contributed by atoms with Gasteiger partial charge in [0.2, 0.25) is 10.0 Å². The molecular weight excluding hydrogens is 404 g/mol. The summed E-state index contributed by atoms with van der Waals surface area (Å²) in [4.78, 5) is 15.7. The number of rotatable bonds is 8. The van der Waals surface area contributed by atoms with Crippen LogP contribution in [0.1, 0.15) is 27.7 Å². The van der Waals surface area contributed by atoms with E-state index in [4.69, 9.17) is 0 Å². The fourth-order valence-corrected chi connectivity index (χ4v) is 5.21. The first-order valence-electron chi connectivity index (χ1n) is 9.34. The summed E-state index contributed by atoms with van der Waals surface area (Å²) < 4.78 is 27.1. The first-order valence-corrected chi connectivity index (χ1v) is 11.7. The van der Waals surface area contributed by atoms with Gasteiger partial charge in [0, 0.05) is 30.6 Å². The van der Waals surface area contributed by atoms with Crippen molar-refractivity contribution in [1.82, 2.24) is 9.21 Å². The van der Waals surface area contributed by atoms with Gasteiger partial charge in [-0.15, -0.1) is 11.3 Å². The first-order chi connectivity index (χ1) is 13.9. The van der Waals surface area contributed by atoms with Crippen LogP contribution in [0.3, 0.4) is 0 Å². The van der Waals surface area contributed by atoms with Gasteiger partial charge >= 0.3 is 0 Å². The minimum atomic E-state index is -3.56. The molecule has 0 aliphatic carbocycles. The van der Waals surface area contributed by atoms with Gasteiger partial charge in [-0.2, -0.15) is 4.31 Å². The number of amides is 1. The average molecular weight is 429 g/mol. The van der Waals surface area contributed by atoms with E-state index in [0.29, 0.717) is 18.7 Å². The van der Waals surface area contributed by atoms with Crippen molar-refractivity contribution in [3.63, 3.8) is 0 Å². The summed E-state index contributed by atoms with van der Waals surface area (Å²) in [6.45, 7) is 3.00. The molecule has 0 radical (unpaired) electrons. The maximum absolute atomic E-state index is 12.8. The van der Waals surface area contributed by atoms with Crippen molar-refractivity contribution in [2.24, 2.45) is 0 Å². The van der Waals surface area contributed by atoms with E-state index in [1.807, 2.05) is 36.6 Å². The van der Waals surface area contributed by atoms with Crippen LogP contribution in [0.5, 0.6) is 0 Å². The van der Waals surface area contributed by atoms with E-state index in [0.717, 1.165) is 10.4 Å². The molecule has 1 amide bonds. The van der Waals surface area contributed by atoms with Gasteiger partial charge in [0.25, 0.3) is 5.91 Å². The van der Waals surface area contributed by atoms with Crippen molar-refractivity contribution >= 4 is 27.3 Å². The summed E-state index contributed by atoms with van der Waals surface area (Å²) >= 11 is 1.62. The maximum atomic E-state index is 12.8. The van der Waals surface area contributed by atoms with Crippen molar-refractivity contribution in [3.05, 3.63) is 88.1 Å². The van der Waals surface area contributed by atoms with Crippen molar-refractivity contribution < 1.29 is 13.2 Å². The van der Waals surface area contributed by atoms with Gasteiger partial charge in [0.1, 0.15) is 0 Å². The van der Waals surface area contributed by atoms with E-state index in [-0.39, 0.29) is 17.3 Å². The zero-order valence-electron chi connectivity index (χ0n) is 16.5. The SMILES string of the molecule is CCN(Cc1ccc(C(=O)N(C)Cc2cccs2)cc1)S(=O)(=O)c1ccccc1. The van der Waals surface area contributed by atoms with Gasteiger partial charge < -0.3 is 4.90 Å². The third-order valence-electron chi connectivity index (χ3n) is 4.61. The number of sulfonamides is 1. The van der Waals surface area contributed by atoms with Crippen LogP contribution in [0.25, 0.3) is 0 Å². The minimum absolute atomic E-state index is 0.0609. The Hall–Kier alpha value is -2.48. The predicted octanol–water partition coefficient (Wildman–Crippen LogP) is 4.23. The number of thiophene rings is 1. The Kier molecular flexibility index (Phi) is 6.84. The highest BCUT2D eigenvalue weighted by molar-refractivity contribution is 7.89. The summed E-state index contributed by atoms with van der Waals surface area (Å²) in [7, 11) is -1.78. The lowest BCUT2D eigenvalue weighted by Gasteiger charge is -2.21. The molecule has 0 unspecified atom stereocenters. The number of nitrogens with zero attached hydrogens (tertiary/aromatic N) is 2. The van der Waals surface area contributed by atoms with Crippen LogP contribution in [-0.4, -0.2) is 37.1 Å². The quantitative estimate of drug-likeness (QED) is 0.539. The lowest BCUT2D eigenvalue weighted by atomic mass is 10.1. The molecule has 0 bridgehead atoms. The zero-order chi connectivity index (χ0) is 20.9. The van der Waals surface area contributed by atoms with E-state index in [9.17, 15) is 13.2 Å². The first kappa shape index (κ1) is 21.2. The number of benzene rings is 2. The molecule has 1 heterocycles. The monoisotopic (exact) mass is 428 g/mol.